The van der Waals surface area contributed by atoms with Crippen LogP contribution >= 0.6 is 11.8 Å². The number of halogens is 3. The second kappa shape index (κ2) is 14.0. The number of alkyl halides is 2. The normalized spacial score (nSPS) is 14.6. The van der Waals surface area contributed by atoms with E-state index >= 15 is 0 Å². The number of nitrogens with zero attached hydrogens (tertiary/aromatic N) is 4. The number of ether oxygens (including phenoxy) is 2. The quantitative estimate of drug-likeness (QED) is 0.112. The fourth-order valence-corrected chi connectivity index (χ4v) is 7.03. The SMILES string of the molecule is O=C(CCCSc1nonc1-c1noc(=O)n1-c1ccc(F)c(C(F)F)c1)CC1(NC(=O)OCC2c3ccccc3-c3ccccc32)COC1. The van der Waals surface area contributed by atoms with Gasteiger partial charge in [0.15, 0.2) is 10.7 Å². The molecule has 0 unspecified atom stereocenters. The number of amides is 1. The van der Waals surface area contributed by atoms with E-state index in [9.17, 15) is 27.6 Å². The summed E-state index contributed by atoms with van der Waals surface area (Å²) in [6, 6.07) is 18.8. The average molecular weight is 708 g/mol. The van der Waals surface area contributed by atoms with Crippen molar-refractivity contribution in [1.82, 2.24) is 25.4 Å². The van der Waals surface area contributed by atoms with Crippen LogP contribution in [-0.2, 0) is 14.3 Å². The van der Waals surface area contributed by atoms with Crippen LogP contribution in [0.5, 0.6) is 0 Å². The molecule has 3 heterocycles. The standard InChI is InChI=1S/C34H28F3N5O7S/c35-27-12-11-19(14-25(27)29(36)37)42-30(40-48-33(42)45)28-31(41-49-39-28)50-13-5-6-20(43)15-34(17-46-18-34)38-32(44)47-16-26-23-9-3-1-7-21(23)22-8-2-4-10-24(22)26/h1-4,7-12,14,26,29H,5-6,13,15-18H2,(H,38,44). The Labute approximate surface area is 285 Å². The number of carbonyl (C=O) groups is 2. The first-order valence-electron chi connectivity index (χ1n) is 15.6. The number of hydrogen-bond acceptors (Lipinski definition) is 11. The Morgan fingerprint density at radius 1 is 1.02 bits per heavy atom. The first kappa shape index (κ1) is 33.3. The molecular formula is C34H28F3N5O7S. The van der Waals surface area contributed by atoms with Crippen molar-refractivity contribution in [3.05, 3.63) is 99.8 Å². The zero-order valence-corrected chi connectivity index (χ0v) is 27.0. The van der Waals surface area contributed by atoms with Crippen molar-refractivity contribution in [1.29, 1.82) is 0 Å². The van der Waals surface area contributed by atoms with Crippen LogP contribution in [0.2, 0.25) is 0 Å². The Hall–Kier alpha value is -5.22. The lowest BCUT2D eigenvalue weighted by atomic mass is 9.89. The number of alkyl carbamates (subject to hydrolysis) is 1. The zero-order valence-electron chi connectivity index (χ0n) is 26.1. The summed E-state index contributed by atoms with van der Waals surface area (Å²) in [6.07, 6.45) is -3.09. The van der Waals surface area contributed by atoms with Gasteiger partial charge in [-0.3, -0.25) is 9.32 Å². The summed E-state index contributed by atoms with van der Waals surface area (Å²) in [4.78, 5) is 38.3. The molecule has 1 aliphatic carbocycles. The lowest BCUT2D eigenvalue weighted by molar-refractivity contribution is -0.128. The minimum absolute atomic E-state index is 0.00652. The molecule has 0 bridgehead atoms. The minimum Gasteiger partial charge on any atom is -0.449 e. The maximum atomic E-state index is 13.9. The van der Waals surface area contributed by atoms with Gasteiger partial charge in [-0.1, -0.05) is 53.7 Å². The fourth-order valence-electron chi connectivity index (χ4n) is 6.20. The molecule has 0 atom stereocenters. The van der Waals surface area contributed by atoms with Crippen LogP contribution in [-0.4, -0.2) is 63.0 Å². The zero-order chi connectivity index (χ0) is 34.8. The monoisotopic (exact) mass is 707 g/mol. The molecule has 50 heavy (non-hydrogen) atoms. The van der Waals surface area contributed by atoms with Crippen molar-refractivity contribution in [2.75, 3.05) is 25.6 Å². The predicted molar refractivity (Wildman–Crippen MR) is 172 cm³/mol. The van der Waals surface area contributed by atoms with Gasteiger partial charge in [-0.15, -0.1) is 11.8 Å². The highest BCUT2D eigenvalue weighted by Gasteiger charge is 2.42. The predicted octanol–water partition coefficient (Wildman–Crippen LogP) is 6.09. The lowest BCUT2D eigenvalue weighted by Crippen LogP contribution is -2.63. The largest absolute Gasteiger partial charge is 0.449 e. The Kier molecular flexibility index (Phi) is 9.29. The second-order valence-electron chi connectivity index (χ2n) is 11.9. The third kappa shape index (κ3) is 6.55. The van der Waals surface area contributed by atoms with Crippen molar-refractivity contribution >= 4 is 23.6 Å². The number of benzene rings is 3. The molecule has 1 aliphatic heterocycles. The second-order valence-corrected chi connectivity index (χ2v) is 13.0. The molecule has 5 aromatic rings. The van der Waals surface area contributed by atoms with Gasteiger partial charge in [0.25, 0.3) is 6.43 Å². The van der Waals surface area contributed by atoms with Crippen LogP contribution in [0.25, 0.3) is 28.3 Å². The summed E-state index contributed by atoms with van der Waals surface area (Å²) >= 11 is 1.16. The smallest absolute Gasteiger partial charge is 0.446 e. The number of Topliss-reactive ketones (excluding diaryl/α,β-unsaturated/α-hetero) is 1. The third-order valence-corrected chi connectivity index (χ3v) is 9.62. The number of nitrogens with one attached hydrogen (secondary N) is 1. The molecule has 7 rings (SSSR count). The van der Waals surface area contributed by atoms with Crippen molar-refractivity contribution in [2.24, 2.45) is 0 Å². The topological polar surface area (TPSA) is 152 Å². The first-order valence-corrected chi connectivity index (χ1v) is 16.6. The van der Waals surface area contributed by atoms with E-state index in [2.05, 4.69) is 32.9 Å². The molecule has 0 saturated carbocycles. The molecule has 0 radical (unpaired) electrons. The van der Waals surface area contributed by atoms with E-state index in [4.69, 9.17) is 18.6 Å². The maximum absolute atomic E-state index is 13.9. The number of fused-ring (bicyclic) bond motifs is 3. The van der Waals surface area contributed by atoms with E-state index in [-0.39, 0.29) is 66.6 Å². The molecule has 12 nitrogen and oxygen atoms in total. The van der Waals surface area contributed by atoms with Crippen LogP contribution < -0.4 is 11.1 Å². The van der Waals surface area contributed by atoms with Crippen LogP contribution in [0.15, 0.2) is 85.7 Å². The molecule has 1 saturated heterocycles. The Bertz CT molecular complexity index is 2070. The minimum atomic E-state index is -3.12. The van der Waals surface area contributed by atoms with E-state index in [1.165, 1.54) is 0 Å². The molecule has 0 spiro atoms. The Morgan fingerprint density at radius 2 is 1.74 bits per heavy atom. The van der Waals surface area contributed by atoms with Crippen molar-refractivity contribution in [3.8, 4) is 28.3 Å². The van der Waals surface area contributed by atoms with Crippen molar-refractivity contribution < 1.29 is 41.4 Å². The van der Waals surface area contributed by atoms with Gasteiger partial charge in [0, 0.05) is 24.5 Å². The number of rotatable bonds is 13. The molecule has 2 aliphatic rings. The van der Waals surface area contributed by atoms with Gasteiger partial charge in [-0.25, -0.2) is 32.0 Å². The van der Waals surface area contributed by atoms with Gasteiger partial charge < -0.3 is 14.8 Å². The summed E-state index contributed by atoms with van der Waals surface area (Å²) in [5.74, 6) is -2.15. The van der Waals surface area contributed by atoms with E-state index in [0.717, 1.165) is 56.8 Å². The third-order valence-electron chi connectivity index (χ3n) is 8.59. The van der Waals surface area contributed by atoms with Crippen LogP contribution in [0, 0.1) is 5.82 Å². The lowest BCUT2D eigenvalue weighted by Gasteiger charge is -2.41. The highest BCUT2D eigenvalue weighted by molar-refractivity contribution is 7.99. The molecule has 1 N–H and O–H groups in total. The van der Waals surface area contributed by atoms with Gasteiger partial charge in [0.1, 0.15) is 18.2 Å². The summed E-state index contributed by atoms with van der Waals surface area (Å²) in [7, 11) is 0. The van der Waals surface area contributed by atoms with E-state index in [0.29, 0.717) is 12.2 Å². The molecule has 16 heteroatoms. The summed E-state index contributed by atoms with van der Waals surface area (Å²) in [5.41, 5.74) is 2.54. The molecule has 1 amide bonds. The Morgan fingerprint density at radius 3 is 2.42 bits per heavy atom. The first-order chi connectivity index (χ1) is 24.2. The number of carbonyl (C=O) groups excluding carboxylic acids is 2. The molecule has 1 fully saturated rings. The van der Waals surface area contributed by atoms with E-state index in [1.807, 2.05) is 36.4 Å². The Balaban J connectivity index is 0.921. The van der Waals surface area contributed by atoms with Gasteiger partial charge in [-0.05, 0) is 57.2 Å². The summed E-state index contributed by atoms with van der Waals surface area (Å²) in [5, 5.41) is 14.4. The molecule has 2 aromatic heterocycles. The van der Waals surface area contributed by atoms with Gasteiger partial charge in [0.2, 0.25) is 5.82 Å². The highest BCUT2D eigenvalue weighted by Crippen LogP contribution is 2.44. The van der Waals surface area contributed by atoms with E-state index in [1.54, 1.807) is 0 Å². The number of aromatic nitrogens is 4. The maximum Gasteiger partial charge on any atom is 0.446 e. The highest BCUT2D eigenvalue weighted by atomic mass is 32.2. The number of hydrogen-bond donors (Lipinski definition) is 1. The summed E-state index contributed by atoms with van der Waals surface area (Å²) in [6.45, 7) is 0.502. The molecule has 258 valence electrons. The van der Waals surface area contributed by atoms with Crippen molar-refractivity contribution in [3.63, 3.8) is 0 Å². The summed E-state index contributed by atoms with van der Waals surface area (Å²) < 4.78 is 61.9. The average Bonchev–Trinajstić information content (AvgIpc) is 3.80. The number of ketones is 1. The van der Waals surface area contributed by atoms with Gasteiger partial charge in [0.05, 0.1) is 30.0 Å². The van der Waals surface area contributed by atoms with Crippen molar-refractivity contribution in [2.45, 2.75) is 42.2 Å². The number of thioether (sulfide) groups is 1. The van der Waals surface area contributed by atoms with Crippen LogP contribution in [0.1, 0.15) is 48.3 Å². The van der Waals surface area contributed by atoms with Crippen LogP contribution in [0.4, 0.5) is 18.0 Å². The van der Waals surface area contributed by atoms with E-state index < -0.39 is 35.2 Å². The molecule has 3 aromatic carbocycles. The fraction of sp³-hybridized carbons (Fsp3) is 0.294. The molecular weight excluding hydrogens is 679 g/mol. The van der Waals surface area contributed by atoms with Gasteiger partial charge >= 0.3 is 11.8 Å². The van der Waals surface area contributed by atoms with Gasteiger partial charge in [-0.2, -0.15) is 0 Å². The van der Waals surface area contributed by atoms with Crippen LogP contribution in [0.3, 0.4) is 0 Å².